The number of halogens is 3. The van der Waals surface area contributed by atoms with Crippen LogP contribution < -0.4 is 4.90 Å². The van der Waals surface area contributed by atoms with E-state index in [0.717, 1.165) is 48.5 Å². The summed E-state index contributed by atoms with van der Waals surface area (Å²) in [5.41, 5.74) is 3.99. The second kappa shape index (κ2) is 7.52. The second-order valence-electron chi connectivity index (χ2n) is 10.1. The molecule has 4 nitrogen and oxygen atoms in total. The van der Waals surface area contributed by atoms with E-state index >= 15 is 0 Å². The summed E-state index contributed by atoms with van der Waals surface area (Å²) >= 11 is 1.11. The van der Waals surface area contributed by atoms with E-state index in [1.165, 1.54) is 35.9 Å². The van der Waals surface area contributed by atoms with E-state index in [1.54, 1.807) is 6.07 Å². The molecular weight excluding hydrogens is 447 g/mol. The van der Waals surface area contributed by atoms with Gasteiger partial charge < -0.3 is 4.90 Å². The number of anilines is 1. The number of hydrogen-bond donors (Lipinski definition) is 0. The Kier molecular flexibility index (Phi) is 4.80. The van der Waals surface area contributed by atoms with Crippen LogP contribution in [-0.2, 0) is 30.5 Å². The Bertz CT molecular complexity index is 1250. The number of aromatic nitrogens is 2. The van der Waals surface area contributed by atoms with Crippen LogP contribution in [0.2, 0.25) is 0 Å². The summed E-state index contributed by atoms with van der Waals surface area (Å²) in [5.74, 6) is 1.71. The maximum atomic E-state index is 12.8. The lowest BCUT2D eigenvalue weighted by Crippen LogP contribution is -2.55. The molecule has 2 aromatic heterocycles. The monoisotopic (exact) mass is 471 g/mol. The highest BCUT2D eigenvalue weighted by molar-refractivity contribution is 7.18. The number of carbonyl (C=O) groups is 1. The molecule has 1 spiro atoms. The number of rotatable bonds is 4. The first-order valence-electron chi connectivity index (χ1n) is 11.4. The Hall–Kier alpha value is -2.48. The number of Topliss-reactive ketones (excluding diaryl/α,β-unsaturated/α-hetero) is 1. The largest absolute Gasteiger partial charge is 0.393 e. The fourth-order valence-electron chi connectivity index (χ4n) is 6.10. The number of hydrogen-bond acceptors (Lipinski definition) is 5. The highest BCUT2D eigenvalue weighted by atomic mass is 32.1. The minimum Gasteiger partial charge on any atom is -0.355 e. The average Bonchev–Trinajstić information content (AvgIpc) is 3.40. The molecule has 3 aliphatic rings. The van der Waals surface area contributed by atoms with Gasteiger partial charge in [0.15, 0.2) is 0 Å². The number of alkyl halides is 3. The zero-order valence-electron chi connectivity index (χ0n) is 18.1. The molecule has 172 valence electrons. The van der Waals surface area contributed by atoms with E-state index in [2.05, 4.69) is 33.1 Å². The topological polar surface area (TPSA) is 46.1 Å². The maximum Gasteiger partial charge on any atom is 0.393 e. The molecule has 1 atom stereocenters. The van der Waals surface area contributed by atoms with Crippen molar-refractivity contribution in [3.63, 3.8) is 0 Å². The Labute approximate surface area is 193 Å². The van der Waals surface area contributed by atoms with Gasteiger partial charge in [-0.15, -0.1) is 11.3 Å². The molecule has 3 heterocycles. The minimum absolute atomic E-state index is 0.277. The molecule has 6 rings (SSSR count). The molecule has 2 aliphatic carbocycles. The smallest absolute Gasteiger partial charge is 0.355 e. The van der Waals surface area contributed by atoms with Gasteiger partial charge in [-0.2, -0.15) is 13.2 Å². The Morgan fingerprint density at radius 2 is 1.94 bits per heavy atom. The zero-order chi connectivity index (χ0) is 22.8. The third-order valence-corrected chi connectivity index (χ3v) is 8.50. The molecule has 0 bridgehead atoms. The Balaban J connectivity index is 1.12. The first-order chi connectivity index (χ1) is 15.8. The number of nitrogens with zero attached hydrogens (tertiary/aromatic N) is 3. The lowest BCUT2D eigenvalue weighted by molar-refractivity contribution is -0.126. The zero-order valence-corrected chi connectivity index (χ0v) is 18.9. The number of carbonyl (C=O) groups excluding carboxylic acids is 1. The summed E-state index contributed by atoms with van der Waals surface area (Å²) < 4.78 is 38.5. The molecule has 1 saturated carbocycles. The number of thiophene rings is 1. The predicted octanol–water partition coefficient (Wildman–Crippen LogP) is 5.31. The lowest BCUT2D eigenvalue weighted by Gasteiger charge is -2.49. The normalized spacial score (nSPS) is 21.7. The molecule has 1 aliphatic heterocycles. The van der Waals surface area contributed by atoms with Crippen molar-refractivity contribution in [1.29, 1.82) is 0 Å². The summed E-state index contributed by atoms with van der Waals surface area (Å²) in [4.78, 5) is 23.5. The third-order valence-electron chi connectivity index (χ3n) is 7.46. The maximum absolute atomic E-state index is 12.8. The summed E-state index contributed by atoms with van der Waals surface area (Å²) in [6.07, 6.45) is 2.06. The van der Waals surface area contributed by atoms with Gasteiger partial charge in [-0.1, -0.05) is 18.2 Å². The molecule has 2 fully saturated rings. The van der Waals surface area contributed by atoms with E-state index < -0.39 is 12.6 Å². The van der Waals surface area contributed by atoms with Crippen molar-refractivity contribution in [2.45, 2.75) is 51.1 Å². The van der Waals surface area contributed by atoms with Crippen LogP contribution in [0.3, 0.4) is 0 Å². The van der Waals surface area contributed by atoms with Crippen LogP contribution in [0.1, 0.15) is 40.8 Å². The van der Waals surface area contributed by atoms with Gasteiger partial charge in [-0.05, 0) is 54.4 Å². The van der Waals surface area contributed by atoms with Gasteiger partial charge in [0, 0.05) is 36.2 Å². The van der Waals surface area contributed by atoms with Crippen molar-refractivity contribution in [1.82, 2.24) is 9.97 Å². The van der Waals surface area contributed by atoms with Gasteiger partial charge in [-0.25, -0.2) is 9.97 Å². The van der Waals surface area contributed by atoms with Gasteiger partial charge in [0.25, 0.3) is 0 Å². The van der Waals surface area contributed by atoms with Gasteiger partial charge in [0.2, 0.25) is 0 Å². The molecule has 3 aromatic rings. The number of fused-ring (bicyclic) bond motifs is 2. The standard InChI is InChI=1S/C25H24F3N3OS/c26-25(27,28)11-20-9-21-22(29-14-30-23(21)33-20)31-12-24(13-31)4-3-16(10-24)5-15-1-2-17-7-19(32)8-18(17)6-15/h1-2,6,9,14,16H,3-5,7-8,10-13H2/t16-/m0/s1. The van der Waals surface area contributed by atoms with Crippen LogP contribution in [0.15, 0.2) is 30.6 Å². The van der Waals surface area contributed by atoms with E-state index in [9.17, 15) is 18.0 Å². The fourth-order valence-corrected chi connectivity index (χ4v) is 7.12. The molecule has 33 heavy (non-hydrogen) atoms. The van der Waals surface area contributed by atoms with E-state index in [1.807, 2.05) is 0 Å². The quantitative estimate of drug-likeness (QED) is 0.517. The molecule has 0 radical (unpaired) electrons. The van der Waals surface area contributed by atoms with Crippen LogP contribution in [0.5, 0.6) is 0 Å². The van der Waals surface area contributed by atoms with Crippen LogP contribution in [0.4, 0.5) is 19.0 Å². The highest BCUT2D eigenvalue weighted by Crippen LogP contribution is 2.51. The van der Waals surface area contributed by atoms with Crippen molar-refractivity contribution in [3.8, 4) is 0 Å². The minimum atomic E-state index is -4.22. The van der Waals surface area contributed by atoms with Crippen molar-refractivity contribution in [2.75, 3.05) is 18.0 Å². The average molecular weight is 472 g/mol. The van der Waals surface area contributed by atoms with Crippen LogP contribution >= 0.6 is 11.3 Å². The van der Waals surface area contributed by atoms with Gasteiger partial charge >= 0.3 is 6.18 Å². The summed E-state index contributed by atoms with van der Waals surface area (Å²) in [7, 11) is 0. The highest BCUT2D eigenvalue weighted by Gasteiger charge is 2.48. The summed E-state index contributed by atoms with van der Waals surface area (Å²) in [6, 6.07) is 8.15. The number of benzene rings is 1. The van der Waals surface area contributed by atoms with Crippen molar-refractivity contribution in [3.05, 3.63) is 52.2 Å². The van der Waals surface area contributed by atoms with Gasteiger partial charge in [-0.3, -0.25) is 4.79 Å². The number of ketones is 1. The fraction of sp³-hybridized carbons (Fsp3) is 0.480. The summed E-state index contributed by atoms with van der Waals surface area (Å²) in [6.45, 7) is 1.80. The second-order valence-corrected chi connectivity index (χ2v) is 11.2. The van der Waals surface area contributed by atoms with Crippen LogP contribution in [0, 0.1) is 11.3 Å². The Morgan fingerprint density at radius 3 is 2.76 bits per heavy atom. The van der Waals surface area contributed by atoms with Crippen LogP contribution in [-0.4, -0.2) is 35.0 Å². The van der Waals surface area contributed by atoms with Crippen molar-refractivity contribution in [2.24, 2.45) is 11.3 Å². The molecule has 0 N–H and O–H groups in total. The lowest BCUT2D eigenvalue weighted by atomic mass is 9.77. The first kappa shape index (κ1) is 21.1. The van der Waals surface area contributed by atoms with E-state index in [0.29, 0.717) is 29.4 Å². The molecule has 0 amide bonds. The molecular formula is C25H24F3N3OS. The predicted molar refractivity (Wildman–Crippen MR) is 122 cm³/mol. The van der Waals surface area contributed by atoms with E-state index in [-0.39, 0.29) is 10.3 Å². The van der Waals surface area contributed by atoms with Crippen molar-refractivity contribution >= 4 is 33.2 Å². The van der Waals surface area contributed by atoms with Crippen molar-refractivity contribution < 1.29 is 18.0 Å². The van der Waals surface area contributed by atoms with Gasteiger partial charge in [0.1, 0.15) is 22.8 Å². The van der Waals surface area contributed by atoms with E-state index in [4.69, 9.17) is 0 Å². The SMILES string of the molecule is O=C1Cc2ccc(C[C@@H]3CCC4(C3)CN(c3ncnc5sc(CC(F)(F)F)cc35)C4)cc2C1. The molecule has 0 unspecified atom stereocenters. The summed E-state index contributed by atoms with van der Waals surface area (Å²) in [5, 5.41) is 0.735. The van der Waals surface area contributed by atoms with Gasteiger partial charge in [0.05, 0.1) is 11.8 Å². The molecule has 1 saturated heterocycles. The van der Waals surface area contributed by atoms with Crippen LogP contribution in [0.25, 0.3) is 10.2 Å². The Morgan fingerprint density at radius 1 is 1.12 bits per heavy atom. The molecule has 8 heteroatoms. The molecule has 1 aromatic carbocycles. The first-order valence-corrected chi connectivity index (χ1v) is 12.2. The third kappa shape index (κ3) is 4.03.